The molecule has 0 saturated carbocycles. The fraction of sp³-hybridized carbons (Fsp3) is 0.364. The highest BCUT2D eigenvalue weighted by atomic mass is 19.4. The average molecular weight is 452 g/mol. The molecule has 3 aromatic rings. The molecular weight excluding hydrogens is 431 g/mol. The van der Waals surface area contributed by atoms with Crippen molar-refractivity contribution in [3.63, 3.8) is 0 Å². The summed E-state index contributed by atoms with van der Waals surface area (Å²) in [6, 6.07) is 9.69. The van der Waals surface area contributed by atoms with Crippen LogP contribution in [0.25, 0.3) is 22.0 Å². The average Bonchev–Trinajstić information content (AvgIpc) is 2.73. The van der Waals surface area contributed by atoms with Crippen LogP contribution in [-0.2, 0) is 6.18 Å². The number of alkyl halides is 5. The van der Waals surface area contributed by atoms with Crippen molar-refractivity contribution in [1.29, 1.82) is 0 Å². The number of nitrogens with one attached hydrogen (secondary N) is 1. The van der Waals surface area contributed by atoms with Gasteiger partial charge in [-0.15, -0.1) is 10.2 Å². The van der Waals surface area contributed by atoms with E-state index in [0.717, 1.165) is 38.1 Å². The van der Waals surface area contributed by atoms with Crippen LogP contribution in [-0.4, -0.2) is 47.9 Å². The lowest BCUT2D eigenvalue weighted by Gasteiger charge is -2.30. The minimum Gasteiger partial charge on any atom is -0.434 e. The molecule has 4 rings (SSSR count). The second kappa shape index (κ2) is 8.85. The summed E-state index contributed by atoms with van der Waals surface area (Å²) in [5, 5.41) is 13.1. The van der Waals surface area contributed by atoms with Gasteiger partial charge in [0, 0.05) is 28.9 Å². The lowest BCUT2D eigenvalue weighted by Crippen LogP contribution is -2.40. The summed E-state index contributed by atoms with van der Waals surface area (Å²) in [5.74, 6) is -0.0724. The summed E-state index contributed by atoms with van der Waals surface area (Å²) in [4.78, 5) is 2.21. The fourth-order valence-electron chi connectivity index (χ4n) is 3.97. The molecule has 0 radical (unpaired) electrons. The molecule has 10 heteroatoms. The van der Waals surface area contributed by atoms with Gasteiger partial charge in [-0.25, -0.2) is 0 Å². The van der Waals surface area contributed by atoms with E-state index in [0.29, 0.717) is 22.7 Å². The van der Waals surface area contributed by atoms with Crippen LogP contribution in [0, 0.1) is 0 Å². The SMILES string of the molecule is CN1CCC[C@@H](Nc2nnc(-c3ccc(C(F)(F)F)cc3OC(F)F)c3ccccc23)C1. The van der Waals surface area contributed by atoms with Crippen LogP contribution in [0.15, 0.2) is 42.5 Å². The van der Waals surface area contributed by atoms with E-state index in [1.165, 1.54) is 0 Å². The van der Waals surface area contributed by atoms with Crippen LogP contribution in [0.3, 0.4) is 0 Å². The standard InChI is InChI=1S/C22H21F5N4O/c1-31-10-4-5-14(12-31)28-20-16-7-3-2-6-15(16)19(29-30-20)17-9-8-13(22(25,26)27)11-18(17)32-21(23)24/h2-3,6-9,11,14,21H,4-5,10,12H2,1H3,(H,28,30)/t14-/m1/s1. The molecule has 0 spiro atoms. The largest absolute Gasteiger partial charge is 0.434 e. The molecule has 1 saturated heterocycles. The third-order valence-electron chi connectivity index (χ3n) is 5.43. The van der Waals surface area contributed by atoms with Gasteiger partial charge in [-0.2, -0.15) is 22.0 Å². The molecule has 2 heterocycles. The summed E-state index contributed by atoms with van der Waals surface area (Å²) in [7, 11) is 2.04. The molecule has 1 aliphatic heterocycles. The summed E-state index contributed by atoms with van der Waals surface area (Å²) in [6.07, 6.45) is -2.70. The minimum atomic E-state index is -4.70. The zero-order valence-electron chi connectivity index (χ0n) is 17.2. The van der Waals surface area contributed by atoms with Gasteiger partial charge in [0.15, 0.2) is 5.82 Å². The quantitative estimate of drug-likeness (QED) is 0.524. The molecule has 32 heavy (non-hydrogen) atoms. The number of likely N-dealkylation sites (tertiary alicyclic amines) is 1. The smallest absolute Gasteiger partial charge is 0.416 e. The topological polar surface area (TPSA) is 50.3 Å². The number of nitrogens with zero attached hydrogens (tertiary/aromatic N) is 3. The van der Waals surface area contributed by atoms with Crippen molar-refractivity contribution < 1.29 is 26.7 Å². The summed E-state index contributed by atoms with van der Waals surface area (Å²) < 4.78 is 69.7. The van der Waals surface area contributed by atoms with Crippen LogP contribution in [0.2, 0.25) is 0 Å². The second-order valence-electron chi connectivity index (χ2n) is 7.78. The van der Waals surface area contributed by atoms with E-state index in [9.17, 15) is 22.0 Å². The Bertz CT molecular complexity index is 1110. The van der Waals surface area contributed by atoms with Gasteiger partial charge in [-0.3, -0.25) is 0 Å². The molecule has 0 bridgehead atoms. The summed E-state index contributed by atoms with van der Waals surface area (Å²) in [6.45, 7) is -1.44. The van der Waals surface area contributed by atoms with Gasteiger partial charge in [-0.1, -0.05) is 24.3 Å². The van der Waals surface area contributed by atoms with Gasteiger partial charge in [-0.05, 0) is 44.6 Å². The van der Waals surface area contributed by atoms with Gasteiger partial charge >= 0.3 is 12.8 Å². The van der Waals surface area contributed by atoms with Crippen molar-refractivity contribution in [2.75, 3.05) is 25.5 Å². The highest BCUT2D eigenvalue weighted by Crippen LogP contribution is 2.40. The predicted octanol–water partition coefficient (Wildman–Crippen LogP) is 5.42. The first kappa shape index (κ1) is 22.2. The molecular formula is C22H21F5N4O. The Morgan fingerprint density at radius 1 is 1.09 bits per heavy atom. The molecule has 1 atom stereocenters. The Kier molecular flexibility index (Phi) is 6.14. The predicted molar refractivity (Wildman–Crippen MR) is 111 cm³/mol. The first-order valence-electron chi connectivity index (χ1n) is 10.1. The number of anilines is 1. The normalized spacial score (nSPS) is 17.7. The Morgan fingerprint density at radius 2 is 1.84 bits per heavy atom. The zero-order chi connectivity index (χ0) is 22.9. The molecule has 0 amide bonds. The van der Waals surface area contributed by atoms with Crippen LogP contribution < -0.4 is 10.1 Å². The highest BCUT2D eigenvalue weighted by Gasteiger charge is 2.32. The number of rotatable bonds is 5. The first-order chi connectivity index (χ1) is 15.2. The molecule has 170 valence electrons. The molecule has 1 aliphatic rings. The molecule has 5 nitrogen and oxygen atoms in total. The maximum atomic E-state index is 13.1. The van der Waals surface area contributed by atoms with E-state index < -0.39 is 24.1 Å². The summed E-state index contributed by atoms with van der Waals surface area (Å²) in [5.41, 5.74) is -0.920. The van der Waals surface area contributed by atoms with Crippen LogP contribution in [0.4, 0.5) is 27.8 Å². The number of benzene rings is 2. The van der Waals surface area contributed by atoms with Crippen molar-refractivity contribution >= 4 is 16.6 Å². The van der Waals surface area contributed by atoms with E-state index in [2.05, 4.69) is 25.2 Å². The van der Waals surface area contributed by atoms with Crippen molar-refractivity contribution in [2.45, 2.75) is 31.7 Å². The number of aromatic nitrogens is 2. The third kappa shape index (κ3) is 4.74. The van der Waals surface area contributed by atoms with Gasteiger partial charge in [0.05, 0.1) is 5.56 Å². The van der Waals surface area contributed by atoms with Gasteiger partial charge in [0.1, 0.15) is 11.4 Å². The number of hydrogen-bond donors (Lipinski definition) is 1. The van der Waals surface area contributed by atoms with Crippen molar-refractivity contribution in [3.8, 4) is 17.0 Å². The Hall–Kier alpha value is -3.01. The number of hydrogen-bond acceptors (Lipinski definition) is 5. The van der Waals surface area contributed by atoms with Gasteiger partial charge in [0.2, 0.25) is 0 Å². The Balaban J connectivity index is 1.78. The van der Waals surface area contributed by atoms with E-state index >= 15 is 0 Å². The zero-order valence-corrected chi connectivity index (χ0v) is 17.2. The highest BCUT2D eigenvalue weighted by molar-refractivity contribution is 6.01. The Morgan fingerprint density at radius 3 is 2.53 bits per heavy atom. The van der Waals surface area contributed by atoms with E-state index in [1.807, 2.05) is 7.05 Å². The molecule has 0 unspecified atom stereocenters. The lowest BCUT2D eigenvalue weighted by molar-refractivity contribution is -0.138. The maximum absolute atomic E-state index is 13.1. The van der Waals surface area contributed by atoms with Gasteiger partial charge < -0.3 is 15.0 Å². The Labute approximate surface area is 181 Å². The second-order valence-corrected chi connectivity index (χ2v) is 7.78. The first-order valence-corrected chi connectivity index (χ1v) is 10.1. The van der Waals surface area contributed by atoms with E-state index in [1.54, 1.807) is 24.3 Å². The molecule has 0 aliphatic carbocycles. The number of likely N-dealkylation sites (N-methyl/N-ethyl adjacent to an activating group) is 1. The monoisotopic (exact) mass is 452 g/mol. The number of piperidine rings is 1. The van der Waals surface area contributed by atoms with Crippen LogP contribution in [0.1, 0.15) is 18.4 Å². The molecule has 1 aromatic heterocycles. The lowest BCUT2D eigenvalue weighted by atomic mass is 10.0. The molecule has 1 N–H and O–H groups in total. The number of halogens is 5. The van der Waals surface area contributed by atoms with Crippen molar-refractivity contribution in [3.05, 3.63) is 48.0 Å². The molecule has 2 aromatic carbocycles. The van der Waals surface area contributed by atoms with Crippen LogP contribution >= 0.6 is 0 Å². The van der Waals surface area contributed by atoms with Crippen molar-refractivity contribution in [2.24, 2.45) is 0 Å². The molecule has 1 fully saturated rings. The van der Waals surface area contributed by atoms with Crippen LogP contribution in [0.5, 0.6) is 5.75 Å². The van der Waals surface area contributed by atoms with E-state index in [-0.39, 0.29) is 17.3 Å². The van der Waals surface area contributed by atoms with E-state index in [4.69, 9.17) is 0 Å². The minimum absolute atomic E-state index is 0.00551. The third-order valence-corrected chi connectivity index (χ3v) is 5.43. The fourth-order valence-corrected chi connectivity index (χ4v) is 3.97. The number of fused-ring (bicyclic) bond motifs is 1. The summed E-state index contributed by atoms with van der Waals surface area (Å²) >= 11 is 0. The van der Waals surface area contributed by atoms with Crippen molar-refractivity contribution in [1.82, 2.24) is 15.1 Å². The number of ether oxygens (including phenoxy) is 1. The van der Waals surface area contributed by atoms with Gasteiger partial charge in [0.25, 0.3) is 0 Å². The maximum Gasteiger partial charge on any atom is 0.416 e.